The van der Waals surface area contributed by atoms with Gasteiger partial charge in [0, 0.05) is 0 Å². The topological polar surface area (TPSA) is 9.23 Å². The average molecular weight is 262 g/mol. The zero-order valence-electron chi connectivity index (χ0n) is 13.5. The maximum Gasteiger partial charge on any atom is 0.0933 e. The molecule has 3 rings (SSSR count). The molecule has 2 aliphatic carbocycles. The minimum Gasteiger partial charge on any atom is -0.364 e. The molecular formula is C18H30O. The van der Waals surface area contributed by atoms with Crippen LogP contribution in [0.25, 0.3) is 0 Å². The largest absolute Gasteiger partial charge is 0.364 e. The molecule has 1 heteroatoms. The van der Waals surface area contributed by atoms with Gasteiger partial charge in [0.2, 0.25) is 0 Å². The Hall–Kier alpha value is -0.300. The lowest BCUT2D eigenvalue weighted by Crippen LogP contribution is -2.48. The van der Waals surface area contributed by atoms with Crippen LogP contribution in [0.1, 0.15) is 67.2 Å². The summed E-state index contributed by atoms with van der Waals surface area (Å²) in [6.45, 7) is 14.1. The molecule has 3 unspecified atom stereocenters. The smallest absolute Gasteiger partial charge is 0.0933 e. The van der Waals surface area contributed by atoms with Gasteiger partial charge in [0.1, 0.15) is 0 Å². The summed E-state index contributed by atoms with van der Waals surface area (Å²) in [7, 11) is 0. The van der Waals surface area contributed by atoms with E-state index in [1.165, 1.54) is 25.7 Å². The molecule has 1 saturated carbocycles. The summed E-state index contributed by atoms with van der Waals surface area (Å²) >= 11 is 0. The molecule has 1 nitrogen and oxygen atoms in total. The van der Waals surface area contributed by atoms with E-state index in [1.54, 1.807) is 5.57 Å². The third kappa shape index (κ3) is 1.92. The first-order chi connectivity index (χ1) is 8.66. The van der Waals surface area contributed by atoms with Crippen LogP contribution in [-0.2, 0) is 4.74 Å². The molecule has 3 aliphatic rings. The Morgan fingerprint density at radius 1 is 1.05 bits per heavy atom. The van der Waals surface area contributed by atoms with Gasteiger partial charge in [0.05, 0.1) is 11.2 Å². The van der Waals surface area contributed by atoms with Crippen LogP contribution in [0.2, 0.25) is 0 Å². The first-order valence-corrected chi connectivity index (χ1v) is 8.10. The quantitative estimate of drug-likeness (QED) is 0.607. The van der Waals surface area contributed by atoms with Crippen molar-refractivity contribution in [3.63, 3.8) is 0 Å². The molecular weight excluding hydrogens is 232 g/mol. The fraction of sp³-hybridized carbons (Fsp3) is 0.889. The van der Waals surface area contributed by atoms with Crippen molar-refractivity contribution in [1.82, 2.24) is 0 Å². The van der Waals surface area contributed by atoms with E-state index in [0.717, 1.165) is 11.8 Å². The van der Waals surface area contributed by atoms with Crippen molar-refractivity contribution < 1.29 is 4.74 Å². The first kappa shape index (κ1) is 13.7. The predicted octanol–water partition coefficient (Wildman–Crippen LogP) is 4.96. The number of hydrogen-bond acceptors (Lipinski definition) is 1. The van der Waals surface area contributed by atoms with Gasteiger partial charge in [-0.25, -0.2) is 0 Å². The monoisotopic (exact) mass is 262 g/mol. The van der Waals surface area contributed by atoms with Crippen molar-refractivity contribution in [3.05, 3.63) is 11.6 Å². The average Bonchev–Trinajstić information content (AvgIpc) is 2.47. The summed E-state index contributed by atoms with van der Waals surface area (Å²) in [6.07, 6.45) is 7.84. The van der Waals surface area contributed by atoms with Gasteiger partial charge >= 0.3 is 0 Å². The third-order valence-corrected chi connectivity index (χ3v) is 5.93. The number of rotatable bonds is 1. The third-order valence-electron chi connectivity index (χ3n) is 5.93. The Morgan fingerprint density at radius 3 is 2.32 bits per heavy atom. The molecule has 1 saturated heterocycles. The number of allylic oxidation sites excluding steroid dienone is 1. The minimum atomic E-state index is 0.0736. The fourth-order valence-electron chi connectivity index (χ4n) is 5.11. The second-order valence-corrected chi connectivity index (χ2v) is 8.72. The second kappa shape index (κ2) is 3.87. The minimum absolute atomic E-state index is 0.0736. The molecule has 0 amide bonds. The van der Waals surface area contributed by atoms with Gasteiger partial charge < -0.3 is 4.74 Å². The van der Waals surface area contributed by atoms with Gasteiger partial charge in [-0.15, -0.1) is 0 Å². The van der Waals surface area contributed by atoms with Gasteiger partial charge in [-0.3, -0.25) is 0 Å². The maximum absolute atomic E-state index is 6.76. The zero-order valence-corrected chi connectivity index (χ0v) is 13.5. The number of ether oxygens (including phenoxy) is 1. The summed E-state index contributed by atoms with van der Waals surface area (Å²) in [5.74, 6) is 2.10. The summed E-state index contributed by atoms with van der Waals surface area (Å²) in [5.41, 5.74) is 2.10. The summed E-state index contributed by atoms with van der Waals surface area (Å²) in [5, 5.41) is 0. The van der Waals surface area contributed by atoms with Crippen molar-refractivity contribution in [2.45, 2.75) is 78.4 Å². The molecule has 0 aromatic heterocycles. The van der Waals surface area contributed by atoms with Crippen LogP contribution in [0, 0.1) is 23.2 Å². The first-order valence-electron chi connectivity index (χ1n) is 8.10. The zero-order chi connectivity index (χ0) is 14.1. The Labute approximate surface area is 118 Å². The normalized spacial score (nSPS) is 43.0. The molecule has 0 radical (unpaired) electrons. The Bertz CT molecular complexity index is 415. The Morgan fingerprint density at radius 2 is 1.68 bits per heavy atom. The molecule has 108 valence electrons. The second-order valence-electron chi connectivity index (χ2n) is 8.72. The van der Waals surface area contributed by atoms with Gasteiger partial charge in [0.25, 0.3) is 0 Å². The van der Waals surface area contributed by atoms with E-state index in [-0.39, 0.29) is 11.2 Å². The lowest BCUT2D eigenvalue weighted by molar-refractivity contribution is -0.107. The van der Waals surface area contributed by atoms with Gasteiger partial charge in [0.15, 0.2) is 0 Å². The standard InChI is InChI=1S/C18H30O/c1-12(2)15-11-16(3,4)9-14-8-7-13-10-18(14,15)19-17(13,5)6/h11-14H,7-10H2,1-6H3. The van der Waals surface area contributed by atoms with E-state index in [4.69, 9.17) is 4.74 Å². The summed E-state index contributed by atoms with van der Waals surface area (Å²) in [4.78, 5) is 0. The lowest BCUT2D eigenvalue weighted by atomic mass is 9.57. The van der Waals surface area contributed by atoms with E-state index in [2.05, 4.69) is 47.6 Å². The predicted molar refractivity (Wildman–Crippen MR) is 80.0 cm³/mol. The van der Waals surface area contributed by atoms with Crippen LogP contribution in [0.4, 0.5) is 0 Å². The Balaban J connectivity index is 2.09. The molecule has 1 aliphatic heterocycles. The molecule has 1 heterocycles. The van der Waals surface area contributed by atoms with E-state index < -0.39 is 0 Å². The molecule has 19 heavy (non-hydrogen) atoms. The Kier molecular flexibility index (Phi) is 2.79. The maximum atomic E-state index is 6.76. The van der Waals surface area contributed by atoms with Crippen LogP contribution >= 0.6 is 0 Å². The van der Waals surface area contributed by atoms with E-state index in [0.29, 0.717) is 11.3 Å². The lowest BCUT2D eigenvalue weighted by Gasteiger charge is -2.50. The molecule has 0 aromatic rings. The van der Waals surface area contributed by atoms with Crippen LogP contribution in [0.3, 0.4) is 0 Å². The highest BCUT2D eigenvalue weighted by Crippen LogP contribution is 2.62. The summed E-state index contributed by atoms with van der Waals surface area (Å²) < 4.78 is 6.76. The SMILES string of the molecule is CC(C)C1=CC(C)(C)CC2CCC3CC12OC3(C)C. The van der Waals surface area contributed by atoms with Crippen LogP contribution in [0.15, 0.2) is 11.6 Å². The molecule has 2 fully saturated rings. The van der Waals surface area contributed by atoms with E-state index >= 15 is 0 Å². The van der Waals surface area contributed by atoms with Crippen LogP contribution in [0.5, 0.6) is 0 Å². The molecule has 2 bridgehead atoms. The molecule has 0 N–H and O–H groups in total. The van der Waals surface area contributed by atoms with Gasteiger partial charge in [-0.1, -0.05) is 33.8 Å². The van der Waals surface area contributed by atoms with E-state index in [9.17, 15) is 0 Å². The van der Waals surface area contributed by atoms with Crippen molar-refractivity contribution in [1.29, 1.82) is 0 Å². The molecule has 3 atom stereocenters. The summed E-state index contributed by atoms with van der Waals surface area (Å²) in [6, 6.07) is 0. The van der Waals surface area contributed by atoms with Crippen LogP contribution < -0.4 is 0 Å². The fourth-order valence-corrected chi connectivity index (χ4v) is 5.11. The van der Waals surface area contributed by atoms with Gasteiger partial charge in [-0.05, 0) is 68.3 Å². The van der Waals surface area contributed by atoms with Gasteiger partial charge in [-0.2, -0.15) is 0 Å². The van der Waals surface area contributed by atoms with Crippen molar-refractivity contribution >= 4 is 0 Å². The van der Waals surface area contributed by atoms with Crippen molar-refractivity contribution in [2.75, 3.05) is 0 Å². The highest BCUT2D eigenvalue weighted by molar-refractivity contribution is 5.32. The number of fused-ring (bicyclic) bond motifs is 1. The van der Waals surface area contributed by atoms with Crippen molar-refractivity contribution in [3.8, 4) is 0 Å². The van der Waals surface area contributed by atoms with Crippen molar-refractivity contribution in [2.24, 2.45) is 23.2 Å². The number of hydrogen-bond donors (Lipinski definition) is 0. The van der Waals surface area contributed by atoms with E-state index in [1.807, 2.05) is 0 Å². The molecule has 0 aromatic carbocycles. The van der Waals surface area contributed by atoms with Crippen LogP contribution in [-0.4, -0.2) is 11.2 Å². The highest BCUT2D eigenvalue weighted by Gasteiger charge is 2.61. The molecule has 1 spiro atoms. The highest BCUT2D eigenvalue weighted by atomic mass is 16.5.